The summed E-state index contributed by atoms with van der Waals surface area (Å²) < 4.78 is 1.93. The number of hydrogen-bond acceptors (Lipinski definition) is 7. The summed E-state index contributed by atoms with van der Waals surface area (Å²) in [5.74, 6) is 3.67. The molecule has 5 fully saturated rings. The molecule has 0 radical (unpaired) electrons. The zero-order chi connectivity index (χ0) is 33.6. The van der Waals surface area contributed by atoms with Crippen molar-refractivity contribution in [2.24, 2.45) is 30.7 Å². The predicted octanol–water partition coefficient (Wildman–Crippen LogP) is 7.00. The normalized spacial score (nSPS) is 30.5. The molecular formula is C40H55N7O2. The molecule has 2 aliphatic heterocycles. The molecule has 4 bridgehead atoms. The van der Waals surface area contributed by atoms with Crippen molar-refractivity contribution in [1.29, 1.82) is 0 Å². The Hall–Kier alpha value is -3.46. The third-order valence-corrected chi connectivity index (χ3v) is 13.3. The van der Waals surface area contributed by atoms with Gasteiger partial charge in [-0.1, -0.05) is 37.3 Å². The van der Waals surface area contributed by atoms with Gasteiger partial charge in [-0.2, -0.15) is 10.1 Å². The first kappa shape index (κ1) is 32.7. The van der Waals surface area contributed by atoms with Crippen molar-refractivity contribution in [3.05, 3.63) is 65.1 Å². The number of benzene rings is 1. The highest BCUT2D eigenvalue weighted by atomic mass is 16.4. The van der Waals surface area contributed by atoms with Crippen LogP contribution in [0.15, 0.2) is 42.7 Å². The molecule has 6 aliphatic rings. The number of carboxylic acids is 1. The average molecular weight is 666 g/mol. The van der Waals surface area contributed by atoms with Crippen molar-refractivity contribution in [3.8, 4) is 0 Å². The molecule has 9 rings (SSSR count). The molecule has 262 valence electrons. The molecule has 3 saturated carbocycles. The van der Waals surface area contributed by atoms with Gasteiger partial charge in [0.2, 0.25) is 5.95 Å². The molecule has 0 spiro atoms. The fourth-order valence-electron chi connectivity index (χ4n) is 10.9. The smallest absolute Gasteiger partial charge is 0.306 e. The minimum absolute atomic E-state index is 0.0775. The Morgan fingerprint density at radius 2 is 1.71 bits per heavy atom. The van der Waals surface area contributed by atoms with E-state index in [0.29, 0.717) is 23.9 Å². The van der Waals surface area contributed by atoms with Gasteiger partial charge in [-0.3, -0.25) is 14.4 Å². The maximum Gasteiger partial charge on any atom is 0.306 e. The number of aromatic nitrogens is 4. The van der Waals surface area contributed by atoms with Crippen LogP contribution in [0.2, 0.25) is 0 Å². The van der Waals surface area contributed by atoms with E-state index in [2.05, 4.69) is 70.7 Å². The number of aliphatic carboxylic acids is 1. The van der Waals surface area contributed by atoms with Crippen LogP contribution < -0.4 is 10.2 Å². The lowest BCUT2D eigenvalue weighted by atomic mass is 9.63. The van der Waals surface area contributed by atoms with Crippen molar-refractivity contribution < 1.29 is 9.90 Å². The summed E-state index contributed by atoms with van der Waals surface area (Å²) in [6, 6.07) is 12.7. The molecule has 9 nitrogen and oxygen atoms in total. The summed E-state index contributed by atoms with van der Waals surface area (Å²) in [7, 11) is 4.18. The predicted molar refractivity (Wildman–Crippen MR) is 193 cm³/mol. The molecule has 4 heterocycles. The van der Waals surface area contributed by atoms with Crippen LogP contribution in [-0.4, -0.2) is 67.4 Å². The topological polar surface area (TPSA) is 99.4 Å². The van der Waals surface area contributed by atoms with Crippen molar-refractivity contribution in [1.82, 2.24) is 24.6 Å². The van der Waals surface area contributed by atoms with Gasteiger partial charge in [0.15, 0.2) is 0 Å². The van der Waals surface area contributed by atoms with Gasteiger partial charge in [-0.05, 0) is 113 Å². The Morgan fingerprint density at radius 3 is 2.35 bits per heavy atom. The second kappa shape index (κ2) is 13.7. The average Bonchev–Trinajstić information content (AvgIpc) is 3.55. The van der Waals surface area contributed by atoms with Crippen LogP contribution in [0, 0.1) is 23.7 Å². The second-order valence-electron chi connectivity index (χ2n) is 16.2. The highest BCUT2D eigenvalue weighted by Gasteiger charge is 2.47. The van der Waals surface area contributed by atoms with E-state index in [1.54, 1.807) is 0 Å². The lowest BCUT2D eigenvalue weighted by Crippen LogP contribution is -2.59. The van der Waals surface area contributed by atoms with Gasteiger partial charge < -0.3 is 15.3 Å². The molecule has 3 aromatic rings. The molecule has 2 N–H and O–H groups in total. The summed E-state index contributed by atoms with van der Waals surface area (Å²) in [5.41, 5.74) is 5.06. The number of aryl methyl sites for hydroxylation is 2. The highest BCUT2D eigenvalue weighted by Crippen LogP contribution is 2.50. The standard InChI is InChI=1S/C40H55N7O2/c1-4-37(28-10-12-29(13-11-28)39(48)49)46(3)40-43-35-15-14-30(27-8-6-5-7-9-27)21-34(35)38(44-40)42-36(31-22-41-45(2)23-31)24-47-32-17-25-16-26(19-32)20-33(47)18-25/h5-9,22-23,25-26,28-30,32-33,36-37H,4,10-21,24H2,1-3H3,(H,48,49)(H,42,43,44)/t25?,26?,28?,29?,30-,32?,33?,36+,37-/m1/s1. The summed E-state index contributed by atoms with van der Waals surface area (Å²) in [6.07, 6.45) is 18.4. The van der Waals surface area contributed by atoms with E-state index in [9.17, 15) is 9.90 Å². The van der Waals surface area contributed by atoms with Crippen LogP contribution >= 0.6 is 0 Å². The second-order valence-corrected chi connectivity index (χ2v) is 16.2. The van der Waals surface area contributed by atoms with Gasteiger partial charge in [0.25, 0.3) is 0 Å². The Balaban J connectivity index is 1.12. The number of carboxylic acid groups (broad SMARTS) is 1. The fourth-order valence-corrected chi connectivity index (χ4v) is 10.9. The molecule has 3 atom stereocenters. The summed E-state index contributed by atoms with van der Waals surface area (Å²) in [5, 5.41) is 18.3. The van der Waals surface area contributed by atoms with Gasteiger partial charge in [0, 0.05) is 56.1 Å². The highest BCUT2D eigenvalue weighted by molar-refractivity contribution is 5.70. The van der Waals surface area contributed by atoms with E-state index in [1.165, 1.54) is 54.5 Å². The number of fused-ring (bicyclic) bond motifs is 1. The maximum absolute atomic E-state index is 11.7. The molecule has 1 aromatic carbocycles. The third kappa shape index (κ3) is 6.60. The molecule has 0 unspecified atom stereocenters. The number of carbonyl (C=O) groups is 1. The minimum atomic E-state index is -0.643. The van der Waals surface area contributed by atoms with Crippen LogP contribution in [0.5, 0.6) is 0 Å². The van der Waals surface area contributed by atoms with E-state index < -0.39 is 5.97 Å². The zero-order valence-electron chi connectivity index (χ0n) is 29.7. The van der Waals surface area contributed by atoms with E-state index in [1.807, 2.05) is 17.9 Å². The number of nitrogens with one attached hydrogen (secondary N) is 1. The summed E-state index contributed by atoms with van der Waals surface area (Å²) >= 11 is 0. The van der Waals surface area contributed by atoms with Crippen LogP contribution in [0.3, 0.4) is 0 Å². The van der Waals surface area contributed by atoms with Crippen LogP contribution in [0.1, 0.15) is 112 Å². The van der Waals surface area contributed by atoms with Gasteiger partial charge in [-0.25, -0.2) is 4.98 Å². The van der Waals surface area contributed by atoms with Crippen LogP contribution in [0.25, 0.3) is 0 Å². The van der Waals surface area contributed by atoms with E-state index >= 15 is 0 Å². The molecular weight excluding hydrogens is 610 g/mol. The van der Waals surface area contributed by atoms with E-state index in [0.717, 1.165) is 81.5 Å². The first-order valence-corrected chi connectivity index (χ1v) is 19.2. The van der Waals surface area contributed by atoms with Gasteiger partial charge in [0.05, 0.1) is 23.9 Å². The van der Waals surface area contributed by atoms with Crippen LogP contribution in [-0.2, 0) is 24.7 Å². The maximum atomic E-state index is 11.7. The first-order valence-electron chi connectivity index (χ1n) is 19.2. The summed E-state index contributed by atoms with van der Waals surface area (Å²) in [4.78, 5) is 27.6. The molecule has 2 saturated heterocycles. The SMILES string of the molecule is CC[C@H](C1CCC(C(=O)O)CC1)N(C)c1nc2c(c(N[C@@H](CN3C4CC5CC(C4)CC3C5)c3cnn(C)c3)n1)C[C@H](c1ccccc1)CC2. The number of nitrogens with zero attached hydrogens (tertiary/aromatic N) is 6. The Kier molecular flexibility index (Phi) is 9.14. The Bertz CT molecular complexity index is 1590. The molecule has 0 amide bonds. The van der Waals surface area contributed by atoms with E-state index in [4.69, 9.17) is 9.97 Å². The lowest BCUT2D eigenvalue weighted by molar-refractivity contribution is -0.143. The largest absolute Gasteiger partial charge is 0.481 e. The fraction of sp³-hybridized carbons (Fsp3) is 0.650. The zero-order valence-corrected chi connectivity index (χ0v) is 29.7. The van der Waals surface area contributed by atoms with Crippen molar-refractivity contribution >= 4 is 17.7 Å². The van der Waals surface area contributed by atoms with Crippen molar-refractivity contribution in [2.45, 2.75) is 120 Å². The van der Waals surface area contributed by atoms with Crippen molar-refractivity contribution in [2.75, 3.05) is 23.8 Å². The number of piperidine rings is 2. The van der Waals surface area contributed by atoms with Gasteiger partial charge in [0.1, 0.15) is 5.82 Å². The monoisotopic (exact) mass is 665 g/mol. The number of rotatable bonds is 11. The molecule has 9 heteroatoms. The molecule has 49 heavy (non-hydrogen) atoms. The van der Waals surface area contributed by atoms with Gasteiger partial charge in [-0.15, -0.1) is 0 Å². The first-order chi connectivity index (χ1) is 23.8. The van der Waals surface area contributed by atoms with Gasteiger partial charge >= 0.3 is 5.97 Å². The lowest BCUT2D eigenvalue weighted by Gasteiger charge is -2.57. The van der Waals surface area contributed by atoms with Crippen LogP contribution in [0.4, 0.5) is 11.8 Å². The Morgan fingerprint density at radius 1 is 1.00 bits per heavy atom. The summed E-state index contributed by atoms with van der Waals surface area (Å²) in [6.45, 7) is 3.22. The quantitative estimate of drug-likeness (QED) is 0.226. The third-order valence-electron chi connectivity index (χ3n) is 13.3. The minimum Gasteiger partial charge on any atom is -0.481 e. The Labute approximate surface area is 291 Å². The number of anilines is 2. The molecule has 4 aliphatic carbocycles. The van der Waals surface area contributed by atoms with Crippen molar-refractivity contribution in [3.63, 3.8) is 0 Å². The van der Waals surface area contributed by atoms with E-state index in [-0.39, 0.29) is 18.0 Å². The molecule has 2 aromatic heterocycles. The number of hydrogen-bond donors (Lipinski definition) is 2.